The minimum atomic E-state index is -0.0973. The molecule has 3 aromatic rings. The third-order valence-corrected chi connectivity index (χ3v) is 5.90. The Kier molecular flexibility index (Phi) is 5.03. The lowest BCUT2D eigenvalue weighted by atomic mass is 10.1. The van der Waals surface area contributed by atoms with Gasteiger partial charge >= 0.3 is 0 Å². The highest BCUT2D eigenvalue weighted by Crippen LogP contribution is 2.31. The van der Waals surface area contributed by atoms with E-state index in [2.05, 4.69) is 28.5 Å². The van der Waals surface area contributed by atoms with E-state index >= 15 is 0 Å². The Bertz CT molecular complexity index is 822. The van der Waals surface area contributed by atoms with Crippen molar-refractivity contribution in [1.82, 2.24) is 10.2 Å². The summed E-state index contributed by atoms with van der Waals surface area (Å²) in [6, 6.07) is 8.08. The number of aryl methyl sites for hydroxylation is 2. The van der Waals surface area contributed by atoms with Gasteiger partial charge in [-0.1, -0.05) is 49.3 Å². The maximum atomic E-state index is 12.5. The molecule has 0 bridgehead atoms. The van der Waals surface area contributed by atoms with Crippen molar-refractivity contribution in [1.29, 1.82) is 0 Å². The smallest absolute Gasteiger partial charge is 0.267 e. The molecule has 0 atom stereocenters. The van der Waals surface area contributed by atoms with Crippen LogP contribution in [-0.2, 0) is 6.42 Å². The Labute approximate surface area is 143 Å². The zero-order valence-electron chi connectivity index (χ0n) is 13.3. The fourth-order valence-corrected chi connectivity index (χ4v) is 4.36. The van der Waals surface area contributed by atoms with E-state index in [1.807, 2.05) is 25.1 Å². The van der Waals surface area contributed by atoms with E-state index in [-0.39, 0.29) is 5.91 Å². The molecule has 2 heterocycles. The largest absolute Gasteiger partial charge is 0.296 e. The predicted octanol–water partition coefficient (Wildman–Crippen LogP) is 5.05. The van der Waals surface area contributed by atoms with Gasteiger partial charge in [-0.2, -0.15) is 0 Å². The van der Waals surface area contributed by atoms with Crippen molar-refractivity contribution in [3.05, 3.63) is 39.7 Å². The van der Waals surface area contributed by atoms with E-state index in [1.54, 1.807) is 0 Å². The van der Waals surface area contributed by atoms with Crippen molar-refractivity contribution in [2.45, 2.75) is 39.5 Å². The molecule has 1 aromatic carbocycles. The van der Waals surface area contributed by atoms with Gasteiger partial charge in [0.1, 0.15) is 5.01 Å². The highest BCUT2D eigenvalue weighted by Gasteiger charge is 2.17. The molecule has 0 saturated carbocycles. The summed E-state index contributed by atoms with van der Waals surface area (Å²) in [5.74, 6) is -0.0973. The molecule has 0 saturated heterocycles. The van der Waals surface area contributed by atoms with Crippen LogP contribution in [0.4, 0.5) is 5.13 Å². The van der Waals surface area contributed by atoms with E-state index in [1.165, 1.54) is 35.5 Å². The van der Waals surface area contributed by atoms with E-state index in [0.29, 0.717) is 5.13 Å². The first-order valence-corrected chi connectivity index (χ1v) is 9.44. The van der Waals surface area contributed by atoms with Gasteiger partial charge in [-0.15, -0.1) is 21.5 Å². The molecular weight excluding hydrogens is 326 g/mol. The van der Waals surface area contributed by atoms with Crippen LogP contribution in [0.25, 0.3) is 10.1 Å². The average Bonchev–Trinajstić information content (AvgIpc) is 3.13. The number of rotatable bonds is 6. The molecule has 23 heavy (non-hydrogen) atoms. The summed E-state index contributed by atoms with van der Waals surface area (Å²) in [6.07, 6.45) is 4.44. The average molecular weight is 345 g/mol. The minimum absolute atomic E-state index is 0.0973. The van der Waals surface area contributed by atoms with Crippen LogP contribution < -0.4 is 5.32 Å². The molecule has 0 spiro atoms. The van der Waals surface area contributed by atoms with Gasteiger partial charge in [0.25, 0.3) is 5.91 Å². The van der Waals surface area contributed by atoms with Gasteiger partial charge in [-0.3, -0.25) is 10.1 Å². The SMILES string of the molecule is CCCCCc1nnc(NC(=O)c2sc3ccccc3c2C)s1. The van der Waals surface area contributed by atoms with Gasteiger partial charge in [0.15, 0.2) is 0 Å². The van der Waals surface area contributed by atoms with E-state index in [9.17, 15) is 4.79 Å². The number of nitrogens with one attached hydrogen (secondary N) is 1. The van der Waals surface area contributed by atoms with Crippen LogP contribution in [0.15, 0.2) is 24.3 Å². The van der Waals surface area contributed by atoms with E-state index in [0.717, 1.165) is 38.4 Å². The quantitative estimate of drug-likeness (QED) is 0.636. The first-order valence-electron chi connectivity index (χ1n) is 7.81. The van der Waals surface area contributed by atoms with E-state index < -0.39 is 0 Å². The van der Waals surface area contributed by atoms with Crippen LogP contribution in [0.2, 0.25) is 0 Å². The van der Waals surface area contributed by atoms with Gasteiger partial charge in [0.2, 0.25) is 5.13 Å². The summed E-state index contributed by atoms with van der Waals surface area (Å²) >= 11 is 2.99. The molecule has 2 aromatic heterocycles. The Balaban J connectivity index is 1.72. The number of carbonyl (C=O) groups excluding carboxylic acids is 1. The van der Waals surface area contributed by atoms with Gasteiger partial charge < -0.3 is 0 Å². The number of unbranched alkanes of at least 4 members (excludes halogenated alkanes) is 2. The van der Waals surface area contributed by atoms with Crippen LogP contribution in [0.5, 0.6) is 0 Å². The maximum absolute atomic E-state index is 12.5. The number of amides is 1. The Morgan fingerprint density at radius 3 is 2.78 bits per heavy atom. The molecule has 6 heteroatoms. The fourth-order valence-electron chi connectivity index (χ4n) is 2.48. The van der Waals surface area contributed by atoms with Crippen molar-refractivity contribution in [2.24, 2.45) is 0 Å². The molecule has 3 rings (SSSR count). The van der Waals surface area contributed by atoms with E-state index in [4.69, 9.17) is 0 Å². The number of aromatic nitrogens is 2. The number of fused-ring (bicyclic) bond motifs is 1. The highest BCUT2D eigenvalue weighted by atomic mass is 32.1. The summed E-state index contributed by atoms with van der Waals surface area (Å²) in [4.78, 5) is 13.3. The monoisotopic (exact) mass is 345 g/mol. The van der Waals surface area contributed by atoms with Crippen molar-refractivity contribution in [3.63, 3.8) is 0 Å². The number of anilines is 1. The molecule has 0 aliphatic rings. The standard InChI is InChI=1S/C17H19N3OS2/c1-3-4-5-10-14-19-20-17(23-14)18-16(21)15-11(2)12-8-6-7-9-13(12)22-15/h6-9H,3-5,10H2,1-2H3,(H,18,20,21). The molecule has 120 valence electrons. The Morgan fingerprint density at radius 1 is 1.17 bits per heavy atom. The molecule has 1 amide bonds. The molecule has 0 aliphatic carbocycles. The van der Waals surface area contributed by atoms with Crippen LogP contribution >= 0.6 is 22.7 Å². The molecular formula is C17H19N3OS2. The van der Waals surface area contributed by atoms with Crippen molar-refractivity contribution in [3.8, 4) is 0 Å². The van der Waals surface area contributed by atoms with Crippen molar-refractivity contribution < 1.29 is 4.79 Å². The third-order valence-electron chi connectivity index (χ3n) is 3.73. The first kappa shape index (κ1) is 16.1. The normalized spacial score (nSPS) is 11.0. The van der Waals surface area contributed by atoms with Crippen molar-refractivity contribution >= 4 is 43.8 Å². The van der Waals surface area contributed by atoms with Gasteiger partial charge in [-0.05, 0) is 30.4 Å². The fraction of sp³-hybridized carbons (Fsp3) is 0.353. The van der Waals surface area contributed by atoms with Gasteiger partial charge in [0.05, 0.1) is 4.88 Å². The number of nitrogens with zero attached hydrogens (tertiary/aromatic N) is 2. The summed E-state index contributed by atoms with van der Waals surface area (Å²) in [7, 11) is 0. The zero-order valence-corrected chi connectivity index (χ0v) is 14.9. The summed E-state index contributed by atoms with van der Waals surface area (Å²) in [5.41, 5.74) is 1.02. The highest BCUT2D eigenvalue weighted by molar-refractivity contribution is 7.21. The molecule has 0 radical (unpaired) electrons. The van der Waals surface area contributed by atoms with Crippen LogP contribution in [-0.4, -0.2) is 16.1 Å². The topological polar surface area (TPSA) is 54.9 Å². The van der Waals surface area contributed by atoms with Crippen LogP contribution in [0.1, 0.15) is 46.4 Å². The van der Waals surface area contributed by atoms with Crippen molar-refractivity contribution in [2.75, 3.05) is 5.32 Å². The second-order valence-electron chi connectivity index (χ2n) is 5.46. The zero-order chi connectivity index (χ0) is 16.2. The lowest BCUT2D eigenvalue weighted by Gasteiger charge is -1.99. The maximum Gasteiger partial charge on any atom is 0.267 e. The first-order chi connectivity index (χ1) is 11.2. The second kappa shape index (κ2) is 7.19. The number of thiophene rings is 1. The second-order valence-corrected chi connectivity index (χ2v) is 7.58. The van der Waals surface area contributed by atoms with Gasteiger partial charge in [0, 0.05) is 11.1 Å². The number of hydrogen-bond donors (Lipinski definition) is 1. The Hall–Kier alpha value is -1.79. The molecule has 1 N–H and O–H groups in total. The predicted molar refractivity (Wildman–Crippen MR) is 97.7 cm³/mol. The van der Waals surface area contributed by atoms with Crippen LogP contribution in [0.3, 0.4) is 0 Å². The summed E-state index contributed by atoms with van der Waals surface area (Å²) < 4.78 is 1.13. The van der Waals surface area contributed by atoms with Crippen LogP contribution in [0, 0.1) is 6.92 Å². The molecule has 4 nitrogen and oxygen atoms in total. The lowest BCUT2D eigenvalue weighted by molar-refractivity contribution is 0.103. The molecule has 0 aliphatic heterocycles. The molecule has 0 fully saturated rings. The summed E-state index contributed by atoms with van der Waals surface area (Å²) in [6.45, 7) is 4.17. The lowest BCUT2D eigenvalue weighted by Crippen LogP contribution is -2.11. The number of carbonyl (C=O) groups is 1. The minimum Gasteiger partial charge on any atom is -0.296 e. The number of benzene rings is 1. The summed E-state index contributed by atoms with van der Waals surface area (Å²) in [5, 5.41) is 13.8. The number of hydrogen-bond acceptors (Lipinski definition) is 5. The molecule has 0 unspecified atom stereocenters. The van der Waals surface area contributed by atoms with Gasteiger partial charge in [-0.25, -0.2) is 0 Å². The Morgan fingerprint density at radius 2 is 2.00 bits per heavy atom. The third kappa shape index (κ3) is 3.59.